The lowest BCUT2D eigenvalue weighted by atomic mass is 9.43. The molecule has 1 aromatic carbocycles. The van der Waals surface area contributed by atoms with E-state index in [-0.39, 0.29) is 5.60 Å². The Morgan fingerprint density at radius 1 is 1.00 bits per heavy atom. The molecule has 0 N–H and O–H groups in total. The Bertz CT molecular complexity index is 462. The molecular weight excluding hydrogens is 232 g/mol. The van der Waals surface area contributed by atoms with Crippen molar-refractivity contribution in [2.45, 2.75) is 50.0 Å². The van der Waals surface area contributed by atoms with E-state index in [2.05, 4.69) is 37.3 Å². The van der Waals surface area contributed by atoms with Crippen molar-refractivity contribution in [1.82, 2.24) is 0 Å². The first kappa shape index (κ1) is 12.0. The zero-order valence-electron chi connectivity index (χ0n) is 12.1. The van der Waals surface area contributed by atoms with Crippen LogP contribution in [0.1, 0.15) is 44.6 Å². The molecule has 102 valence electrons. The van der Waals surface area contributed by atoms with Crippen LogP contribution in [0.5, 0.6) is 0 Å². The SMILES string of the molecule is COC1(C)[C@@H]2CC3C[C@H]1CC(c1ccccc1)(C3)C2. The van der Waals surface area contributed by atoms with Gasteiger partial charge < -0.3 is 4.74 Å². The van der Waals surface area contributed by atoms with Crippen LogP contribution >= 0.6 is 0 Å². The Labute approximate surface area is 116 Å². The van der Waals surface area contributed by atoms with Gasteiger partial charge in [0.15, 0.2) is 0 Å². The van der Waals surface area contributed by atoms with Gasteiger partial charge in [0, 0.05) is 7.11 Å². The van der Waals surface area contributed by atoms with Gasteiger partial charge in [-0.25, -0.2) is 0 Å². The summed E-state index contributed by atoms with van der Waals surface area (Å²) in [5, 5.41) is 0. The summed E-state index contributed by atoms with van der Waals surface area (Å²) in [6, 6.07) is 11.3. The largest absolute Gasteiger partial charge is 0.378 e. The molecule has 4 fully saturated rings. The van der Waals surface area contributed by atoms with Gasteiger partial charge in [0.05, 0.1) is 5.60 Å². The molecule has 0 aromatic heterocycles. The summed E-state index contributed by atoms with van der Waals surface area (Å²) in [5.74, 6) is 2.48. The lowest BCUT2D eigenvalue weighted by Gasteiger charge is -2.64. The van der Waals surface area contributed by atoms with Gasteiger partial charge in [0.25, 0.3) is 0 Å². The molecule has 4 aliphatic rings. The molecule has 3 unspecified atom stereocenters. The van der Waals surface area contributed by atoms with E-state index in [1.807, 2.05) is 7.11 Å². The minimum Gasteiger partial charge on any atom is -0.378 e. The quantitative estimate of drug-likeness (QED) is 0.771. The van der Waals surface area contributed by atoms with Crippen LogP contribution < -0.4 is 0 Å². The second-order valence-corrected chi connectivity index (χ2v) is 7.38. The topological polar surface area (TPSA) is 9.23 Å². The molecule has 0 heterocycles. The van der Waals surface area contributed by atoms with Crippen molar-refractivity contribution in [2.75, 3.05) is 7.11 Å². The molecule has 1 heteroatoms. The fourth-order valence-electron chi connectivity index (χ4n) is 5.67. The summed E-state index contributed by atoms with van der Waals surface area (Å²) in [4.78, 5) is 0. The van der Waals surface area contributed by atoms with Crippen LogP contribution in [0, 0.1) is 17.8 Å². The maximum atomic E-state index is 6.00. The van der Waals surface area contributed by atoms with E-state index in [9.17, 15) is 0 Å². The highest BCUT2D eigenvalue weighted by atomic mass is 16.5. The minimum atomic E-state index is 0.148. The van der Waals surface area contributed by atoms with Crippen molar-refractivity contribution >= 4 is 0 Å². The standard InChI is InChI=1S/C18H24O/c1-17(19-2)15-8-13-9-16(17)12-18(10-13,11-15)14-6-4-3-5-7-14/h3-7,13,15-16H,8-12H2,1-2H3/t13?,15-,16+,17?,18?. The Balaban J connectivity index is 1.75. The lowest BCUT2D eigenvalue weighted by Crippen LogP contribution is -2.61. The third-order valence-corrected chi connectivity index (χ3v) is 6.64. The summed E-state index contributed by atoms with van der Waals surface area (Å²) in [6.45, 7) is 2.37. The number of hydrogen-bond acceptors (Lipinski definition) is 1. The third-order valence-electron chi connectivity index (χ3n) is 6.64. The van der Waals surface area contributed by atoms with Crippen LogP contribution in [-0.4, -0.2) is 12.7 Å². The maximum absolute atomic E-state index is 6.00. The summed E-state index contributed by atoms with van der Waals surface area (Å²) >= 11 is 0. The van der Waals surface area contributed by atoms with Gasteiger partial charge in [0.1, 0.15) is 0 Å². The van der Waals surface area contributed by atoms with Crippen molar-refractivity contribution in [1.29, 1.82) is 0 Å². The maximum Gasteiger partial charge on any atom is 0.0707 e. The molecule has 4 saturated carbocycles. The summed E-state index contributed by atoms with van der Waals surface area (Å²) in [5.41, 5.74) is 2.21. The van der Waals surface area contributed by atoms with Gasteiger partial charge in [-0.1, -0.05) is 30.3 Å². The fourth-order valence-corrected chi connectivity index (χ4v) is 5.67. The molecule has 0 radical (unpaired) electrons. The van der Waals surface area contributed by atoms with Crippen LogP contribution in [0.3, 0.4) is 0 Å². The van der Waals surface area contributed by atoms with Crippen LogP contribution in [0.4, 0.5) is 0 Å². The highest BCUT2D eigenvalue weighted by Gasteiger charge is 2.60. The van der Waals surface area contributed by atoms with Crippen LogP contribution in [0.25, 0.3) is 0 Å². The van der Waals surface area contributed by atoms with E-state index in [0.717, 1.165) is 17.8 Å². The Morgan fingerprint density at radius 2 is 1.63 bits per heavy atom. The van der Waals surface area contributed by atoms with E-state index in [4.69, 9.17) is 4.74 Å². The molecule has 0 aliphatic heterocycles. The van der Waals surface area contributed by atoms with Gasteiger partial charge in [-0.2, -0.15) is 0 Å². The second-order valence-electron chi connectivity index (χ2n) is 7.38. The number of methoxy groups -OCH3 is 1. The van der Waals surface area contributed by atoms with Crippen molar-refractivity contribution in [3.05, 3.63) is 35.9 Å². The van der Waals surface area contributed by atoms with Crippen LogP contribution in [0.15, 0.2) is 30.3 Å². The third kappa shape index (κ3) is 1.51. The number of hydrogen-bond donors (Lipinski definition) is 0. The van der Waals surface area contributed by atoms with Gasteiger partial charge in [-0.15, -0.1) is 0 Å². The van der Waals surface area contributed by atoms with Gasteiger partial charge in [0.2, 0.25) is 0 Å². The lowest BCUT2D eigenvalue weighted by molar-refractivity contribution is -0.187. The van der Waals surface area contributed by atoms with Gasteiger partial charge in [-0.3, -0.25) is 0 Å². The molecule has 5 atom stereocenters. The van der Waals surface area contributed by atoms with E-state index < -0.39 is 0 Å². The number of ether oxygens (including phenoxy) is 1. The van der Waals surface area contributed by atoms with E-state index in [0.29, 0.717) is 5.41 Å². The van der Waals surface area contributed by atoms with Crippen LogP contribution in [0.2, 0.25) is 0 Å². The first-order valence-electron chi connectivity index (χ1n) is 7.77. The minimum absolute atomic E-state index is 0.148. The second kappa shape index (κ2) is 3.85. The van der Waals surface area contributed by atoms with Gasteiger partial charge >= 0.3 is 0 Å². The summed E-state index contributed by atoms with van der Waals surface area (Å²) in [7, 11) is 1.93. The van der Waals surface area contributed by atoms with Gasteiger partial charge in [-0.05, 0) is 67.8 Å². The first-order valence-corrected chi connectivity index (χ1v) is 7.77. The number of rotatable bonds is 2. The zero-order valence-corrected chi connectivity index (χ0v) is 12.1. The smallest absolute Gasteiger partial charge is 0.0707 e. The molecule has 4 aliphatic carbocycles. The van der Waals surface area contributed by atoms with Crippen molar-refractivity contribution in [3.63, 3.8) is 0 Å². The Kier molecular flexibility index (Phi) is 2.42. The average molecular weight is 256 g/mol. The van der Waals surface area contributed by atoms with E-state index >= 15 is 0 Å². The normalized spacial score (nSPS) is 47.6. The fraction of sp³-hybridized carbons (Fsp3) is 0.667. The molecule has 19 heavy (non-hydrogen) atoms. The van der Waals surface area contributed by atoms with E-state index in [1.54, 1.807) is 5.56 Å². The predicted molar refractivity (Wildman–Crippen MR) is 77.1 cm³/mol. The molecule has 5 rings (SSSR count). The summed E-state index contributed by atoms with van der Waals surface area (Å²) in [6.07, 6.45) is 6.90. The van der Waals surface area contributed by atoms with Crippen molar-refractivity contribution in [3.8, 4) is 0 Å². The zero-order chi connectivity index (χ0) is 13.1. The predicted octanol–water partition coefficient (Wildman–Crippen LogP) is 4.17. The van der Waals surface area contributed by atoms with Crippen molar-refractivity contribution < 1.29 is 4.74 Å². The van der Waals surface area contributed by atoms with Crippen LogP contribution in [-0.2, 0) is 10.2 Å². The molecular formula is C18H24O. The molecule has 0 saturated heterocycles. The molecule has 0 spiro atoms. The van der Waals surface area contributed by atoms with Crippen molar-refractivity contribution in [2.24, 2.45) is 17.8 Å². The highest BCUT2D eigenvalue weighted by molar-refractivity contribution is 5.30. The molecule has 1 aromatic rings. The molecule has 1 nitrogen and oxygen atoms in total. The first-order chi connectivity index (χ1) is 9.16. The number of benzene rings is 1. The average Bonchev–Trinajstić information content (AvgIpc) is 2.45. The molecule has 4 bridgehead atoms. The highest BCUT2D eigenvalue weighted by Crippen LogP contribution is 2.64. The Hall–Kier alpha value is -0.820. The summed E-state index contributed by atoms with van der Waals surface area (Å²) < 4.78 is 6.00. The monoisotopic (exact) mass is 256 g/mol. The molecule has 0 amide bonds. The Morgan fingerprint density at radius 3 is 2.21 bits per heavy atom. The van der Waals surface area contributed by atoms with E-state index in [1.165, 1.54) is 32.1 Å².